The molecule has 28 nitrogen and oxygen atoms in total. The predicted molar refractivity (Wildman–Crippen MR) is 475 cm³/mol. The Kier molecular flexibility index (Phi) is 23.9. The molecule has 120 heavy (non-hydrogen) atoms. The molecular weight excluding hydrogens is 1510 g/mol. The summed E-state index contributed by atoms with van der Waals surface area (Å²) in [4.78, 5) is 39.9. The fourth-order valence-electron chi connectivity index (χ4n) is 19.1. The van der Waals surface area contributed by atoms with Crippen LogP contribution in [-0.4, -0.2) is 299 Å². The largest absolute Gasteiger partial charge is 0.492 e. The molecule has 18 bridgehead atoms. The Morgan fingerprint density at radius 1 is 0.408 bits per heavy atom. The lowest BCUT2D eigenvalue weighted by molar-refractivity contribution is 0.0170. The Morgan fingerprint density at radius 2 is 0.842 bits per heavy atom. The number of hydrogen-bond acceptors (Lipinski definition) is 24. The summed E-state index contributed by atoms with van der Waals surface area (Å²) >= 11 is 0. The van der Waals surface area contributed by atoms with Crippen molar-refractivity contribution in [3.63, 3.8) is 0 Å². The van der Waals surface area contributed by atoms with Gasteiger partial charge < -0.3 is 45.1 Å². The van der Waals surface area contributed by atoms with E-state index < -0.39 is 0 Å². The highest BCUT2D eigenvalue weighted by Gasteiger charge is 2.37. The van der Waals surface area contributed by atoms with Crippen LogP contribution in [0.5, 0.6) is 23.0 Å². The van der Waals surface area contributed by atoms with Crippen molar-refractivity contribution >= 4 is 45.9 Å². The predicted octanol–water partition coefficient (Wildman–Crippen LogP) is 11.1. The number of nitrogens with zero attached hydrogens (tertiary/aromatic N) is 20. The highest BCUT2D eigenvalue weighted by molar-refractivity contribution is 5.84. The minimum atomic E-state index is 0.176. The molecule has 0 amide bonds. The highest BCUT2D eigenvalue weighted by Crippen LogP contribution is 2.38. The van der Waals surface area contributed by atoms with E-state index in [1.54, 1.807) is 0 Å². The van der Waals surface area contributed by atoms with Gasteiger partial charge in [-0.3, -0.25) is 34.3 Å². The first-order valence-electron chi connectivity index (χ1n) is 43.7. The van der Waals surface area contributed by atoms with E-state index in [0.29, 0.717) is 62.1 Å². The van der Waals surface area contributed by atoms with E-state index in [0.717, 1.165) is 238 Å². The van der Waals surface area contributed by atoms with Crippen molar-refractivity contribution in [3.8, 4) is 67.5 Å². The molecule has 0 spiro atoms. The van der Waals surface area contributed by atoms with Crippen molar-refractivity contribution in [3.05, 3.63) is 169 Å². The zero-order valence-corrected chi connectivity index (χ0v) is 71.4. The molecule has 8 aromatic heterocycles. The molecule has 21 rings (SSSR count). The summed E-state index contributed by atoms with van der Waals surface area (Å²) in [6, 6.07) is 36.8. The third-order valence-corrected chi connectivity index (χ3v) is 26.0. The minimum Gasteiger partial charge on any atom is -0.492 e. The first-order valence-corrected chi connectivity index (χ1v) is 43.7. The number of nitrogens with one attached hydrogen (secondary N) is 4. The number of rotatable bonds is 3. The summed E-state index contributed by atoms with van der Waals surface area (Å²) < 4.78 is 32.9. The van der Waals surface area contributed by atoms with Gasteiger partial charge in [-0.15, -0.1) is 0 Å². The molecular formula is C92H118N24O4. The number of fused-ring (bicyclic) bond motifs is 22. The van der Waals surface area contributed by atoms with E-state index in [4.69, 9.17) is 38.9 Å². The van der Waals surface area contributed by atoms with Crippen molar-refractivity contribution in [2.75, 3.05) is 179 Å². The SMILES string of the molecule is CCCN1C[C@H]2COc3ccc(C)c(c3)-c3cnn4ccc(nc34)NCCN2C[C@H]1C.CCN1C[C@H]2COc3ccc(C)c(c3)-c3cnn4ccc(nc34)NCCN2C[C@H]1C.Cc1ccc2cc1-c1cnn3ccc(nc13)N(C)CCN1C[C@@H](CN3CCC[C@H]3C1)O2.Cc1ccc2cc1-c1cnn3ccc(nc13)NCCN1C[C@@H](C)NC[C@H]1CO2. The second-order valence-corrected chi connectivity index (χ2v) is 34.4. The molecule has 5 fully saturated rings. The third-order valence-electron chi connectivity index (χ3n) is 26.0. The fourth-order valence-corrected chi connectivity index (χ4v) is 19.1. The molecule has 1 unspecified atom stereocenters. The molecule has 28 heteroatoms. The van der Waals surface area contributed by atoms with E-state index in [-0.39, 0.29) is 6.10 Å². The Labute approximate surface area is 704 Å². The average Bonchev–Trinajstić information content (AvgIpc) is 1.64. The van der Waals surface area contributed by atoms with Crippen LogP contribution in [0.25, 0.3) is 67.1 Å². The summed E-state index contributed by atoms with van der Waals surface area (Å²) in [5, 5.41) is 32.2. The van der Waals surface area contributed by atoms with Crippen molar-refractivity contribution in [2.45, 2.75) is 130 Å². The van der Waals surface area contributed by atoms with Gasteiger partial charge in [0.1, 0.15) is 72.2 Å². The van der Waals surface area contributed by atoms with E-state index in [1.807, 2.05) is 85.8 Å². The van der Waals surface area contributed by atoms with Crippen molar-refractivity contribution in [1.82, 2.24) is 98.0 Å². The van der Waals surface area contributed by atoms with Crippen LogP contribution in [0.2, 0.25) is 0 Å². The number of aryl methyl sites for hydroxylation is 4. The second kappa shape index (κ2) is 35.6. The average molecular weight is 1620 g/mol. The molecule has 9 aliphatic rings. The molecule has 0 aliphatic carbocycles. The molecule has 5 saturated heterocycles. The van der Waals surface area contributed by atoms with Crippen molar-refractivity contribution in [2.24, 2.45) is 0 Å². The maximum absolute atomic E-state index is 6.62. The van der Waals surface area contributed by atoms with Gasteiger partial charge in [-0.25, -0.2) is 38.0 Å². The molecule has 0 saturated carbocycles. The Balaban J connectivity index is 0.000000110. The van der Waals surface area contributed by atoms with Gasteiger partial charge in [0.2, 0.25) is 0 Å². The number of benzene rings is 4. The smallest absolute Gasteiger partial charge is 0.165 e. The topological polar surface area (TPSA) is 232 Å². The van der Waals surface area contributed by atoms with Gasteiger partial charge in [-0.2, -0.15) is 20.4 Å². The zero-order chi connectivity index (χ0) is 82.1. The minimum absolute atomic E-state index is 0.176. The van der Waals surface area contributed by atoms with Crippen LogP contribution in [0.3, 0.4) is 0 Å². The first kappa shape index (κ1) is 80.5. The van der Waals surface area contributed by atoms with Crippen LogP contribution in [0.1, 0.15) is 76.1 Å². The summed E-state index contributed by atoms with van der Waals surface area (Å²) in [6.45, 7) is 42.1. The van der Waals surface area contributed by atoms with Gasteiger partial charge in [0.25, 0.3) is 0 Å². The molecule has 4 aromatic carbocycles. The summed E-state index contributed by atoms with van der Waals surface area (Å²) in [5.74, 6) is 7.31. The Morgan fingerprint density at radius 3 is 1.33 bits per heavy atom. The second-order valence-electron chi connectivity index (χ2n) is 34.4. The van der Waals surface area contributed by atoms with Crippen molar-refractivity contribution < 1.29 is 18.9 Å². The summed E-state index contributed by atoms with van der Waals surface area (Å²) in [5.41, 5.74) is 16.9. The number of hydrogen-bond donors (Lipinski definition) is 4. The number of piperazine rings is 3. The molecule has 12 aromatic rings. The standard InChI is InChI=1S/C24H30N6O.C24H32N6O.C23H30N6O.C21H26N6O/c1-17-5-6-19-12-21(17)22-13-25-30-9-7-23(26-24(22)30)27(2)10-11-28-14-18-4-3-8-29(18)16-20(15-28)31-19;1-4-9-28-15-19-16-31-20-6-5-17(2)21(12-20)22-13-26-30-10-7-23(27-24(22)30)25-8-11-29(19)14-18(28)3;1-4-27-14-18-15-30-19-6-5-16(2)20(11-19)21-12-25-29-9-7-22(26-23(21)29)24-8-10-28(18)13-17(27)3;1-14-3-4-17-9-18(14)19-11-24-27-7-5-20(25-21(19)27)22-6-8-26-12-15(2)23-10-16(26)13-28-17/h5-7,9,12-13,18,20H,3-4,8,10-11,14-16H2,1-2H3;5-7,10,12-13,18-19H,4,8-9,11,14-16H2,1-3H3,(H,25,27);5-7,9,11-12,17-18H,4,8,10,13-15H2,1-3H3,(H,24,26);3-5,7,9,11,15-16,23H,6,8,10,12-13H2,1-2H3,(H,22,25)/t18-,20-;18-,19+;17-,18+;15-,16+/m0111/s1. The zero-order valence-electron chi connectivity index (χ0n) is 71.4. The molecule has 17 heterocycles. The van der Waals surface area contributed by atoms with Gasteiger partial charge in [-0.1, -0.05) is 38.1 Å². The van der Waals surface area contributed by atoms with Gasteiger partial charge in [0.05, 0.1) is 42.9 Å². The van der Waals surface area contributed by atoms with E-state index in [1.165, 1.54) is 48.1 Å². The molecule has 9 aliphatic heterocycles. The van der Waals surface area contributed by atoms with E-state index in [2.05, 4.69) is 229 Å². The Hall–Kier alpha value is -10.6. The Bertz CT molecular complexity index is 5570. The van der Waals surface area contributed by atoms with E-state index in [9.17, 15) is 0 Å². The quantitative estimate of drug-likeness (QED) is 0.129. The third kappa shape index (κ3) is 17.5. The van der Waals surface area contributed by atoms with Crippen LogP contribution in [-0.2, 0) is 0 Å². The highest BCUT2D eigenvalue weighted by atomic mass is 16.5. The lowest BCUT2D eigenvalue weighted by Crippen LogP contribution is -2.59. The lowest BCUT2D eigenvalue weighted by atomic mass is 10.0. The van der Waals surface area contributed by atoms with Crippen LogP contribution in [0.15, 0.2) is 147 Å². The molecule has 630 valence electrons. The normalized spacial score (nSPS) is 23.7. The summed E-state index contributed by atoms with van der Waals surface area (Å²) in [6.07, 6.45) is 19.5. The van der Waals surface area contributed by atoms with Gasteiger partial charge in [-0.05, 0) is 205 Å². The van der Waals surface area contributed by atoms with Crippen LogP contribution >= 0.6 is 0 Å². The maximum Gasteiger partial charge on any atom is 0.165 e. The first-order chi connectivity index (χ1) is 58.5. The van der Waals surface area contributed by atoms with Gasteiger partial charge in [0, 0.05) is 190 Å². The number of anilines is 4. The maximum atomic E-state index is 6.62. The molecule has 0 radical (unpaired) electrons. The number of ether oxygens (including phenoxy) is 4. The summed E-state index contributed by atoms with van der Waals surface area (Å²) in [7, 11) is 2.14. The monoisotopic (exact) mass is 1620 g/mol. The fraction of sp³-hybridized carbons (Fsp3) is 0.478. The van der Waals surface area contributed by atoms with Crippen molar-refractivity contribution in [1.29, 1.82) is 0 Å². The van der Waals surface area contributed by atoms with E-state index >= 15 is 0 Å². The number of aromatic nitrogens is 12. The van der Waals surface area contributed by atoms with Crippen LogP contribution < -0.4 is 45.1 Å². The number of likely N-dealkylation sites (N-methyl/N-ethyl adjacent to an activating group) is 2. The lowest BCUT2D eigenvalue weighted by Gasteiger charge is -2.45. The van der Waals surface area contributed by atoms with Gasteiger partial charge >= 0.3 is 0 Å². The van der Waals surface area contributed by atoms with Gasteiger partial charge in [0.15, 0.2) is 22.6 Å². The van der Waals surface area contributed by atoms with Crippen LogP contribution in [0.4, 0.5) is 23.3 Å². The molecule has 4 N–H and O–H groups in total. The molecule has 9 atom stereocenters. The van der Waals surface area contributed by atoms with Crippen LogP contribution in [0, 0.1) is 27.7 Å².